The number of methoxy groups -OCH3 is 1. The van der Waals surface area contributed by atoms with Crippen molar-refractivity contribution in [3.63, 3.8) is 0 Å². The third-order valence-electron chi connectivity index (χ3n) is 3.55. The van der Waals surface area contributed by atoms with Crippen LogP contribution in [0, 0.1) is 11.8 Å². The summed E-state index contributed by atoms with van der Waals surface area (Å²) >= 11 is 0. The lowest BCUT2D eigenvalue weighted by Crippen LogP contribution is -2.46. The van der Waals surface area contributed by atoms with Gasteiger partial charge >= 0.3 is 0 Å². The minimum absolute atomic E-state index is 0.101. The Balaban J connectivity index is 2.22. The molecule has 1 saturated heterocycles. The summed E-state index contributed by atoms with van der Waals surface area (Å²) in [6, 6.07) is 0. The Morgan fingerprint density at radius 1 is 1.50 bits per heavy atom. The molecule has 14 heavy (non-hydrogen) atoms. The van der Waals surface area contributed by atoms with Gasteiger partial charge in [-0.3, -0.25) is 0 Å². The molecule has 0 amide bonds. The van der Waals surface area contributed by atoms with Gasteiger partial charge in [0.2, 0.25) is 0 Å². The van der Waals surface area contributed by atoms with Gasteiger partial charge in [0.1, 0.15) is 0 Å². The van der Waals surface area contributed by atoms with Crippen LogP contribution in [0.1, 0.15) is 19.8 Å². The molecule has 1 aliphatic heterocycles. The van der Waals surface area contributed by atoms with E-state index in [1.165, 1.54) is 0 Å². The summed E-state index contributed by atoms with van der Waals surface area (Å²) in [7, 11) is 1.58. The van der Waals surface area contributed by atoms with Crippen molar-refractivity contribution in [2.45, 2.75) is 37.8 Å². The highest BCUT2D eigenvalue weighted by atomic mass is 16.7. The summed E-state index contributed by atoms with van der Waals surface area (Å²) in [5, 5.41) is 19.9. The Morgan fingerprint density at radius 3 is 2.86 bits per heavy atom. The molecule has 4 nitrogen and oxygen atoms in total. The van der Waals surface area contributed by atoms with E-state index in [-0.39, 0.29) is 18.1 Å². The lowest BCUT2D eigenvalue weighted by atomic mass is 9.83. The van der Waals surface area contributed by atoms with Crippen molar-refractivity contribution in [1.29, 1.82) is 0 Å². The van der Waals surface area contributed by atoms with Crippen molar-refractivity contribution in [2.75, 3.05) is 13.7 Å². The SMILES string of the molecule is CO[C@H]1OCC[C@H]2[C@@H]1[C@](C)(O)C[C@@H]2O. The van der Waals surface area contributed by atoms with Crippen LogP contribution in [0.15, 0.2) is 0 Å². The predicted octanol–water partition coefficient (Wildman–Crippen LogP) is 0.127. The maximum atomic E-state index is 10.1. The third kappa shape index (κ3) is 1.46. The normalized spacial score (nSPS) is 53.1. The van der Waals surface area contributed by atoms with Gasteiger partial charge in [0, 0.05) is 19.4 Å². The van der Waals surface area contributed by atoms with Crippen molar-refractivity contribution < 1.29 is 19.7 Å². The fourth-order valence-electron chi connectivity index (χ4n) is 2.92. The minimum Gasteiger partial charge on any atom is -0.393 e. The molecular weight excluding hydrogens is 184 g/mol. The van der Waals surface area contributed by atoms with E-state index in [0.29, 0.717) is 13.0 Å². The van der Waals surface area contributed by atoms with Gasteiger partial charge in [0.05, 0.1) is 18.3 Å². The molecule has 0 aromatic rings. The quantitative estimate of drug-likeness (QED) is 0.634. The molecular formula is C10H18O4. The van der Waals surface area contributed by atoms with E-state index in [2.05, 4.69) is 0 Å². The molecule has 1 heterocycles. The van der Waals surface area contributed by atoms with Crippen molar-refractivity contribution in [1.82, 2.24) is 0 Å². The van der Waals surface area contributed by atoms with Gasteiger partial charge in [-0.05, 0) is 19.3 Å². The topological polar surface area (TPSA) is 58.9 Å². The zero-order chi connectivity index (χ0) is 10.3. The first kappa shape index (κ1) is 10.4. The van der Waals surface area contributed by atoms with Crippen LogP contribution >= 0.6 is 0 Å². The maximum absolute atomic E-state index is 10.1. The van der Waals surface area contributed by atoms with Crippen molar-refractivity contribution in [3.05, 3.63) is 0 Å². The van der Waals surface area contributed by atoms with Crippen LogP contribution in [-0.2, 0) is 9.47 Å². The zero-order valence-corrected chi connectivity index (χ0v) is 8.64. The number of aliphatic hydroxyl groups is 2. The summed E-state index contributed by atoms with van der Waals surface area (Å²) < 4.78 is 10.6. The molecule has 0 aromatic carbocycles. The Morgan fingerprint density at radius 2 is 2.21 bits per heavy atom. The maximum Gasteiger partial charge on any atom is 0.163 e. The summed E-state index contributed by atoms with van der Waals surface area (Å²) in [4.78, 5) is 0. The Hall–Kier alpha value is -0.160. The van der Waals surface area contributed by atoms with Gasteiger partial charge < -0.3 is 19.7 Å². The predicted molar refractivity (Wildman–Crippen MR) is 49.6 cm³/mol. The van der Waals surface area contributed by atoms with Gasteiger partial charge in [-0.1, -0.05) is 0 Å². The molecule has 4 heteroatoms. The van der Waals surface area contributed by atoms with Crippen LogP contribution in [0.5, 0.6) is 0 Å². The van der Waals surface area contributed by atoms with Crippen LogP contribution < -0.4 is 0 Å². The van der Waals surface area contributed by atoms with Crippen LogP contribution in [0.4, 0.5) is 0 Å². The van der Waals surface area contributed by atoms with Crippen molar-refractivity contribution >= 4 is 0 Å². The molecule has 2 aliphatic rings. The monoisotopic (exact) mass is 202 g/mol. The van der Waals surface area contributed by atoms with E-state index in [4.69, 9.17) is 9.47 Å². The van der Waals surface area contributed by atoms with E-state index in [1.807, 2.05) is 0 Å². The van der Waals surface area contributed by atoms with Gasteiger partial charge in [0.25, 0.3) is 0 Å². The Labute approximate surface area is 83.8 Å². The van der Waals surface area contributed by atoms with Crippen molar-refractivity contribution in [3.8, 4) is 0 Å². The molecule has 0 radical (unpaired) electrons. The molecule has 1 saturated carbocycles. The summed E-state index contributed by atoms with van der Waals surface area (Å²) in [5.41, 5.74) is -0.870. The second-order valence-corrected chi connectivity index (χ2v) is 4.58. The number of ether oxygens (including phenoxy) is 2. The number of hydrogen-bond donors (Lipinski definition) is 2. The van der Waals surface area contributed by atoms with E-state index in [1.54, 1.807) is 14.0 Å². The molecule has 2 rings (SSSR count). The number of fused-ring (bicyclic) bond motifs is 1. The number of aliphatic hydroxyl groups excluding tert-OH is 1. The average Bonchev–Trinajstić information content (AvgIpc) is 2.38. The van der Waals surface area contributed by atoms with Crippen LogP contribution in [0.3, 0.4) is 0 Å². The van der Waals surface area contributed by atoms with Crippen molar-refractivity contribution in [2.24, 2.45) is 11.8 Å². The van der Waals surface area contributed by atoms with E-state index in [0.717, 1.165) is 6.42 Å². The molecule has 0 unspecified atom stereocenters. The van der Waals surface area contributed by atoms with Crippen LogP contribution in [0.25, 0.3) is 0 Å². The zero-order valence-electron chi connectivity index (χ0n) is 8.64. The number of rotatable bonds is 1. The minimum atomic E-state index is -0.870. The second kappa shape index (κ2) is 3.45. The van der Waals surface area contributed by atoms with Crippen LogP contribution in [-0.4, -0.2) is 41.9 Å². The molecule has 0 bridgehead atoms. The first-order valence-corrected chi connectivity index (χ1v) is 5.11. The molecule has 0 spiro atoms. The fourth-order valence-corrected chi connectivity index (χ4v) is 2.92. The summed E-state index contributed by atoms with van der Waals surface area (Å²) in [5.74, 6) is 0.0138. The summed E-state index contributed by atoms with van der Waals surface area (Å²) in [6.07, 6.45) is 0.436. The fraction of sp³-hybridized carbons (Fsp3) is 1.00. The smallest absolute Gasteiger partial charge is 0.163 e. The lowest BCUT2D eigenvalue weighted by Gasteiger charge is -2.38. The third-order valence-corrected chi connectivity index (χ3v) is 3.55. The van der Waals surface area contributed by atoms with Gasteiger partial charge in [-0.2, -0.15) is 0 Å². The highest BCUT2D eigenvalue weighted by Gasteiger charge is 2.54. The Bertz CT molecular complexity index is 216. The molecule has 0 aromatic heterocycles. The molecule has 2 N–H and O–H groups in total. The van der Waals surface area contributed by atoms with E-state index < -0.39 is 11.7 Å². The highest BCUT2D eigenvalue weighted by Crippen LogP contribution is 2.46. The second-order valence-electron chi connectivity index (χ2n) is 4.58. The van der Waals surface area contributed by atoms with Gasteiger partial charge in [-0.15, -0.1) is 0 Å². The van der Waals surface area contributed by atoms with Gasteiger partial charge in [0.15, 0.2) is 6.29 Å². The first-order chi connectivity index (χ1) is 6.56. The lowest BCUT2D eigenvalue weighted by molar-refractivity contribution is -0.223. The summed E-state index contributed by atoms with van der Waals surface area (Å²) in [6.45, 7) is 2.36. The molecule has 2 fully saturated rings. The van der Waals surface area contributed by atoms with Gasteiger partial charge in [-0.25, -0.2) is 0 Å². The molecule has 1 aliphatic carbocycles. The van der Waals surface area contributed by atoms with E-state index >= 15 is 0 Å². The van der Waals surface area contributed by atoms with E-state index in [9.17, 15) is 10.2 Å². The first-order valence-electron chi connectivity index (χ1n) is 5.11. The highest BCUT2D eigenvalue weighted by molar-refractivity contribution is 5.01. The molecule has 5 atom stereocenters. The largest absolute Gasteiger partial charge is 0.393 e. The average molecular weight is 202 g/mol. The van der Waals surface area contributed by atoms with Crippen LogP contribution in [0.2, 0.25) is 0 Å². The Kier molecular flexibility index (Phi) is 2.55. The number of hydrogen-bond acceptors (Lipinski definition) is 4. The molecule has 82 valence electrons. The standard InChI is InChI=1S/C10H18O4/c1-10(12)5-7(11)6-3-4-14-9(13-2)8(6)10/h6-9,11-12H,3-5H2,1-2H3/t6-,7+,8+,9+,10-/m1/s1.